The molecule has 1 atom stereocenters. The number of nitrogens with one attached hydrogen (secondary N) is 1. The predicted octanol–water partition coefficient (Wildman–Crippen LogP) is 3.57. The summed E-state index contributed by atoms with van der Waals surface area (Å²) >= 11 is 1.20. The highest BCUT2D eigenvalue weighted by Crippen LogP contribution is 2.31. The normalized spacial score (nSPS) is 12.7. The molecule has 1 aromatic carbocycles. The number of hydrogen-bond acceptors (Lipinski definition) is 4. The molecule has 23 heavy (non-hydrogen) atoms. The second-order valence-electron chi connectivity index (χ2n) is 5.28. The minimum Gasteiger partial charge on any atom is -0.354 e. The first-order chi connectivity index (χ1) is 11.1. The van der Waals surface area contributed by atoms with Gasteiger partial charge in [-0.15, -0.1) is 11.3 Å². The van der Waals surface area contributed by atoms with Crippen LogP contribution in [0.1, 0.15) is 37.0 Å². The molecular formula is C17H21NO3S2. The van der Waals surface area contributed by atoms with Crippen molar-refractivity contribution in [1.82, 2.24) is 5.32 Å². The van der Waals surface area contributed by atoms with Gasteiger partial charge in [0, 0.05) is 13.0 Å². The summed E-state index contributed by atoms with van der Waals surface area (Å²) in [7, 11) is -3.52. The molecule has 0 bridgehead atoms. The number of carbonyl (C=O) groups is 1. The van der Waals surface area contributed by atoms with Crippen LogP contribution in [0.2, 0.25) is 0 Å². The van der Waals surface area contributed by atoms with E-state index in [1.807, 2.05) is 25.1 Å². The number of sulfone groups is 1. The third-order valence-electron chi connectivity index (χ3n) is 3.56. The topological polar surface area (TPSA) is 63.2 Å². The van der Waals surface area contributed by atoms with E-state index in [2.05, 4.69) is 5.32 Å². The van der Waals surface area contributed by atoms with Crippen LogP contribution in [0, 0.1) is 0 Å². The number of unbranched alkanes of at least 4 members (excludes halogenated alkanes) is 1. The maximum absolute atomic E-state index is 12.9. The molecule has 2 aromatic rings. The second-order valence-corrected chi connectivity index (χ2v) is 8.59. The summed E-state index contributed by atoms with van der Waals surface area (Å²) in [4.78, 5) is 11.8. The zero-order valence-corrected chi connectivity index (χ0v) is 14.7. The molecule has 0 aliphatic rings. The number of carbonyl (C=O) groups excluding carboxylic acids is 1. The number of thiophene rings is 1. The van der Waals surface area contributed by atoms with E-state index in [1.165, 1.54) is 11.3 Å². The van der Waals surface area contributed by atoms with Gasteiger partial charge in [0.1, 0.15) is 9.46 Å². The van der Waals surface area contributed by atoms with Gasteiger partial charge in [0.05, 0.1) is 0 Å². The van der Waals surface area contributed by atoms with Gasteiger partial charge in [0.15, 0.2) is 9.84 Å². The number of rotatable bonds is 8. The van der Waals surface area contributed by atoms with Crippen LogP contribution < -0.4 is 5.32 Å². The molecule has 0 saturated carbocycles. The number of hydrogen-bond donors (Lipinski definition) is 1. The lowest BCUT2D eigenvalue weighted by molar-refractivity contribution is -0.121. The summed E-state index contributed by atoms with van der Waals surface area (Å²) < 4.78 is 26.1. The van der Waals surface area contributed by atoms with E-state index in [0.717, 1.165) is 12.8 Å². The van der Waals surface area contributed by atoms with Crippen LogP contribution in [0.5, 0.6) is 0 Å². The van der Waals surface area contributed by atoms with E-state index in [-0.39, 0.29) is 12.5 Å². The van der Waals surface area contributed by atoms with Crippen LogP contribution in [-0.4, -0.2) is 20.9 Å². The molecule has 124 valence electrons. The minimum atomic E-state index is -3.52. The highest BCUT2D eigenvalue weighted by Gasteiger charge is 2.30. The van der Waals surface area contributed by atoms with Crippen molar-refractivity contribution in [1.29, 1.82) is 0 Å². The van der Waals surface area contributed by atoms with Crippen molar-refractivity contribution in [2.24, 2.45) is 0 Å². The van der Waals surface area contributed by atoms with Gasteiger partial charge < -0.3 is 5.32 Å². The SMILES string of the molecule is CCCCC(=O)NC[C@@H](c1ccccc1)S(=O)(=O)c1cccs1. The Hall–Kier alpha value is -1.66. The predicted molar refractivity (Wildman–Crippen MR) is 93.2 cm³/mol. The van der Waals surface area contributed by atoms with Crippen molar-refractivity contribution in [3.05, 3.63) is 53.4 Å². The molecule has 6 heteroatoms. The van der Waals surface area contributed by atoms with Crippen LogP contribution in [0.3, 0.4) is 0 Å². The fourth-order valence-electron chi connectivity index (χ4n) is 2.27. The minimum absolute atomic E-state index is 0.0901. The number of amides is 1. The Bertz CT molecular complexity index is 710. The lowest BCUT2D eigenvalue weighted by Gasteiger charge is -2.18. The maximum atomic E-state index is 12.9. The van der Waals surface area contributed by atoms with E-state index in [4.69, 9.17) is 0 Å². The molecular weight excluding hydrogens is 330 g/mol. The maximum Gasteiger partial charge on any atom is 0.220 e. The fraction of sp³-hybridized carbons (Fsp3) is 0.353. The van der Waals surface area contributed by atoms with Gasteiger partial charge in [-0.3, -0.25) is 4.79 Å². The van der Waals surface area contributed by atoms with Gasteiger partial charge in [0.2, 0.25) is 5.91 Å². The molecule has 1 heterocycles. The monoisotopic (exact) mass is 351 g/mol. The Morgan fingerprint density at radius 3 is 2.52 bits per heavy atom. The van der Waals surface area contributed by atoms with Crippen molar-refractivity contribution in [3.63, 3.8) is 0 Å². The quantitative estimate of drug-likeness (QED) is 0.791. The lowest BCUT2D eigenvalue weighted by Crippen LogP contribution is -2.31. The standard InChI is InChI=1S/C17H21NO3S2/c1-2-3-10-16(19)18-13-15(14-8-5-4-6-9-14)23(20,21)17-11-7-12-22-17/h4-9,11-12,15H,2-3,10,13H2,1H3,(H,18,19)/t15-/m0/s1. The van der Waals surface area contributed by atoms with E-state index >= 15 is 0 Å². The van der Waals surface area contributed by atoms with Gasteiger partial charge in [-0.25, -0.2) is 8.42 Å². The Morgan fingerprint density at radius 1 is 1.17 bits per heavy atom. The summed E-state index contributed by atoms with van der Waals surface area (Å²) in [6.07, 6.45) is 2.17. The summed E-state index contributed by atoms with van der Waals surface area (Å²) in [5.74, 6) is -0.103. The van der Waals surface area contributed by atoms with Crippen LogP contribution in [0.25, 0.3) is 0 Å². The zero-order chi connectivity index (χ0) is 16.7. The molecule has 0 unspecified atom stereocenters. The number of benzene rings is 1. The average molecular weight is 351 g/mol. The molecule has 0 saturated heterocycles. The van der Waals surface area contributed by atoms with E-state index in [9.17, 15) is 13.2 Å². The third kappa shape index (κ3) is 4.65. The first-order valence-electron chi connectivity index (χ1n) is 7.64. The molecule has 2 rings (SSSR count). The molecule has 0 aliphatic carbocycles. The fourth-order valence-corrected chi connectivity index (χ4v) is 5.14. The van der Waals surface area contributed by atoms with Gasteiger partial charge >= 0.3 is 0 Å². The van der Waals surface area contributed by atoms with Crippen molar-refractivity contribution in [3.8, 4) is 0 Å². The molecule has 1 N–H and O–H groups in total. The van der Waals surface area contributed by atoms with Crippen molar-refractivity contribution < 1.29 is 13.2 Å². The Labute approximate surface area is 141 Å². The molecule has 1 aromatic heterocycles. The summed E-state index contributed by atoms with van der Waals surface area (Å²) in [6, 6.07) is 12.4. The van der Waals surface area contributed by atoms with E-state index < -0.39 is 15.1 Å². The Kier molecular flexibility index (Phi) is 6.36. The smallest absolute Gasteiger partial charge is 0.220 e. The molecule has 0 spiro atoms. The Balaban J connectivity index is 2.22. The Morgan fingerprint density at radius 2 is 1.91 bits per heavy atom. The van der Waals surface area contributed by atoms with Crippen LogP contribution >= 0.6 is 11.3 Å². The zero-order valence-electron chi connectivity index (χ0n) is 13.1. The average Bonchev–Trinajstić information content (AvgIpc) is 3.09. The van der Waals surface area contributed by atoms with Gasteiger partial charge in [-0.2, -0.15) is 0 Å². The molecule has 0 radical (unpaired) electrons. The van der Waals surface area contributed by atoms with Crippen molar-refractivity contribution >= 4 is 27.1 Å². The first-order valence-corrected chi connectivity index (χ1v) is 10.1. The molecule has 0 fully saturated rings. The molecule has 1 amide bonds. The highest BCUT2D eigenvalue weighted by molar-refractivity contribution is 7.93. The second kappa shape index (κ2) is 8.26. The van der Waals surface area contributed by atoms with Crippen LogP contribution in [0.15, 0.2) is 52.1 Å². The summed E-state index contributed by atoms with van der Waals surface area (Å²) in [5.41, 5.74) is 0.691. The largest absolute Gasteiger partial charge is 0.354 e. The van der Waals surface area contributed by atoms with Crippen molar-refractivity contribution in [2.75, 3.05) is 6.54 Å². The van der Waals surface area contributed by atoms with Gasteiger partial charge in [0.25, 0.3) is 0 Å². The highest BCUT2D eigenvalue weighted by atomic mass is 32.2. The van der Waals surface area contributed by atoms with Crippen molar-refractivity contribution in [2.45, 2.75) is 35.6 Å². The van der Waals surface area contributed by atoms with E-state index in [1.54, 1.807) is 29.6 Å². The molecule has 0 aliphatic heterocycles. The van der Waals surface area contributed by atoms with Crippen LogP contribution in [0.4, 0.5) is 0 Å². The lowest BCUT2D eigenvalue weighted by atomic mass is 10.1. The van der Waals surface area contributed by atoms with E-state index in [0.29, 0.717) is 16.2 Å². The third-order valence-corrected chi connectivity index (χ3v) is 7.10. The summed E-state index contributed by atoms with van der Waals surface area (Å²) in [5, 5.41) is 3.75. The summed E-state index contributed by atoms with van der Waals surface area (Å²) in [6.45, 7) is 2.11. The van der Waals surface area contributed by atoms with Gasteiger partial charge in [-0.05, 0) is 23.4 Å². The van der Waals surface area contributed by atoms with Gasteiger partial charge in [-0.1, -0.05) is 49.7 Å². The first kappa shape index (κ1) is 17.7. The van der Waals surface area contributed by atoms with Crippen LogP contribution in [-0.2, 0) is 14.6 Å². The molecule has 4 nitrogen and oxygen atoms in total.